The quantitative estimate of drug-likeness (QED) is 0.300. The van der Waals surface area contributed by atoms with E-state index in [0.29, 0.717) is 0 Å². The van der Waals surface area contributed by atoms with Gasteiger partial charge in [0.05, 0.1) is 0 Å². The summed E-state index contributed by atoms with van der Waals surface area (Å²) in [5.74, 6) is 0. The molecule has 0 aliphatic carbocycles. The molecule has 0 rings (SSSR count). The molecule has 0 aliphatic heterocycles. The van der Waals surface area contributed by atoms with E-state index in [1.54, 1.807) is 0 Å². The highest BCUT2D eigenvalue weighted by Gasteiger charge is 1.54. The van der Waals surface area contributed by atoms with E-state index in [-0.39, 0.29) is 10.8 Å². The zero-order chi connectivity index (χ0) is 4.28. The Morgan fingerprint density at radius 1 is 2.50 bits per heavy atom. The predicted molar refractivity (Wildman–Crippen MR) is 22.2 cm³/mol. The summed E-state index contributed by atoms with van der Waals surface area (Å²) < 4.78 is 15.6. The number of rotatable bonds is 0. The predicted octanol–water partition coefficient (Wildman–Crippen LogP) is -0.124. The van der Waals surface area contributed by atoms with Crippen molar-refractivity contribution >= 4 is 25.6 Å². The average Bonchev–Trinajstić information content (AvgIpc) is 1.38. The monoisotopic (exact) mass is 92.0 g/mol. The molecule has 0 bridgehead atoms. The van der Waals surface area contributed by atoms with E-state index >= 15 is 0 Å². The van der Waals surface area contributed by atoms with Crippen molar-refractivity contribution in [1.82, 2.24) is 0 Å². The fourth-order valence-corrected chi connectivity index (χ4v) is 0. The van der Waals surface area contributed by atoms with Crippen LogP contribution in [0, 0.1) is 0 Å². The van der Waals surface area contributed by atoms with Gasteiger partial charge in [-0.1, -0.05) is 0 Å². The molecule has 4 heavy (non-hydrogen) atoms. The Hall–Kier alpha value is 0.385. The molecule has 0 heterocycles. The zero-order valence-electron chi connectivity index (χ0n) is 2.84. The molecule has 1 nitrogen and oxygen atoms in total. The topological polar surface area (TPSA) is 17.1 Å². The maximum atomic E-state index is 9.26. The third-order valence-electron chi connectivity index (χ3n) is 0.0430. The van der Waals surface area contributed by atoms with E-state index in [1.165, 1.54) is 0 Å². The molecule has 0 N–H and O–H groups in total. The van der Waals surface area contributed by atoms with Gasteiger partial charge in [-0.2, -0.15) is 4.21 Å². The Kier molecular flexibility index (Phi) is 2.21. The first-order valence-corrected chi connectivity index (χ1v) is 2.92. The molecule has 0 saturated heterocycles. The van der Waals surface area contributed by atoms with E-state index in [9.17, 15) is 4.21 Å². The molecule has 0 aromatic heterocycles. The molecule has 2 radical (unpaired) electrons. The maximum absolute atomic E-state index is 9.26. The summed E-state index contributed by atoms with van der Waals surface area (Å²) >= 11 is 0. The Morgan fingerprint density at radius 3 is 2.75 bits per heavy atom. The molecule has 0 amide bonds. The maximum Gasteiger partial charge on any atom is 0.459 e. The summed E-state index contributed by atoms with van der Waals surface area (Å²) in [7, 11) is 3.33. The molecule has 4 heteroatoms. The summed E-state index contributed by atoms with van der Waals surface area (Å²) in [5.41, 5.74) is 0. The van der Waals surface area contributed by atoms with Crippen LogP contribution < -0.4 is 0 Å². The highest BCUT2D eigenvalue weighted by Crippen LogP contribution is 1.69. The van der Waals surface area contributed by atoms with Crippen LogP contribution in [0.1, 0.15) is 0 Å². The van der Waals surface area contributed by atoms with Crippen LogP contribution in [0.4, 0.5) is 0 Å². The number of hydrogen-bond acceptors (Lipinski definition) is 1. The van der Waals surface area contributed by atoms with Gasteiger partial charge < -0.3 is 0 Å². The van der Waals surface area contributed by atoms with E-state index in [1.807, 2.05) is 0 Å². The fraction of sp³-hybridized carbons (Fsp3) is 0. The van der Waals surface area contributed by atoms with Gasteiger partial charge in [-0.05, 0) is 0 Å². The molecule has 0 aromatic carbocycles. The summed E-state index contributed by atoms with van der Waals surface area (Å²) in [6.45, 7) is 0. The van der Waals surface area contributed by atoms with Crippen LogP contribution in [0.15, 0.2) is 0 Å². The Balaban J connectivity index is 3.60. The van der Waals surface area contributed by atoms with Gasteiger partial charge in [0.15, 0.2) is 0 Å². The second kappa shape index (κ2) is 3.38. The van der Waals surface area contributed by atoms with E-state index in [4.69, 9.17) is 1.28 Å². The lowest BCUT2D eigenvalue weighted by Crippen LogP contribution is -1.19. The van der Waals surface area contributed by atoms with Crippen molar-refractivity contribution in [3.05, 3.63) is 0 Å². The van der Waals surface area contributed by atoms with Crippen LogP contribution in [0.5, 0.6) is 0 Å². The highest BCUT2D eigenvalue weighted by molar-refractivity contribution is 8.10. The van der Waals surface area contributed by atoms with Crippen LogP contribution >= 0.6 is 7.18 Å². The van der Waals surface area contributed by atoms with E-state index in [2.05, 4.69) is 7.57 Å². The van der Waals surface area contributed by atoms with E-state index in [0.717, 1.165) is 0 Å². The van der Waals surface area contributed by atoms with Gasteiger partial charge in [-0.25, -0.2) is 0 Å². The summed E-state index contributed by atoms with van der Waals surface area (Å²) in [6, 6.07) is 0. The third-order valence-corrected chi connectivity index (χ3v) is 0.387. The summed E-state index contributed by atoms with van der Waals surface area (Å²) in [4.78, 5) is 0. The van der Waals surface area contributed by atoms with Crippen molar-refractivity contribution in [2.75, 3.05) is 0 Å². The molecule has 0 fully saturated rings. The van der Waals surface area contributed by atoms with Crippen molar-refractivity contribution < 1.29 is 4.21 Å². The lowest BCUT2D eigenvalue weighted by molar-refractivity contribution is 0.701. The molecule has 0 spiro atoms. The summed E-state index contributed by atoms with van der Waals surface area (Å²) in [5, 5.41) is 0. The minimum absolute atomic E-state index is 0.139. The average molecular weight is 91.9 g/mol. The molecule has 0 saturated carbocycles. The van der Waals surface area contributed by atoms with Crippen molar-refractivity contribution in [2.24, 2.45) is 0 Å². The molecule has 1 unspecified atom stereocenters. The van der Waals surface area contributed by atoms with Crippen LogP contribution in [0.2, 0.25) is 0 Å². The highest BCUT2D eigenvalue weighted by atomic mass is 32.4. The molecule has 1 atom stereocenters. The van der Waals surface area contributed by atoms with Gasteiger partial charge in [0.1, 0.15) is 7.18 Å². The number of hydrogen-bond donors (Lipinski definition) is 0. The SMILES string of the molecule is [2H][P+]([B])=S=O. The second-order valence-electron chi connectivity index (χ2n) is 0.180. The van der Waals surface area contributed by atoms with Gasteiger partial charge in [-0.15, -0.1) is 0 Å². The minimum atomic E-state index is -1.49. The van der Waals surface area contributed by atoms with Gasteiger partial charge in [0.2, 0.25) is 0 Å². The normalized spacial score (nSPS) is 13.0. The smallest absolute Gasteiger partial charge is 0.168 e. The first kappa shape index (κ1) is 2.61. The van der Waals surface area contributed by atoms with Crippen molar-refractivity contribution in [1.29, 1.82) is 1.28 Å². The standard InChI is InChI=1S/BHOPS/c1-3-4-2/h3H/q+1/i3D. The van der Waals surface area contributed by atoms with Crippen LogP contribution in [-0.4, -0.2) is 13.1 Å². The lowest BCUT2D eigenvalue weighted by atomic mass is 10.8. The van der Waals surface area contributed by atoms with Crippen molar-refractivity contribution in [3.63, 3.8) is 0 Å². The van der Waals surface area contributed by atoms with Crippen LogP contribution in [0.25, 0.3) is 0 Å². The Morgan fingerprint density at radius 2 is 2.75 bits per heavy atom. The second-order valence-corrected chi connectivity index (χ2v) is 1.62. The largest absolute Gasteiger partial charge is 0.459 e. The Labute approximate surface area is 32.0 Å². The molecular weight excluding hydrogens is 89.9 g/mol. The van der Waals surface area contributed by atoms with Crippen LogP contribution in [0.3, 0.4) is 0 Å². The van der Waals surface area contributed by atoms with Gasteiger partial charge in [0.25, 0.3) is 10.8 Å². The van der Waals surface area contributed by atoms with Gasteiger partial charge in [-0.3, -0.25) is 0 Å². The zero-order valence-corrected chi connectivity index (χ0v) is 3.55. The van der Waals surface area contributed by atoms with Gasteiger partial charge >= 0.3 is 8.84 Å². The fourth-order valence-electron chi connectivity index (χ4n) is 0. The molecule has 20 valence electrons. The molecule has 0 aromatic rings. The first-order chi connectivity index (χ1) is 2.27. The Bertz CT molecular complexity index is 71.7. The molecule has 0 aliphatic rings. The van der Waals surface area contributed by atoms with Gasteiger partial charge in [0, 0.05) is 0 Å². The third kappa shape index (κ3) is 2.38. The summed E-state index contributed by atoms with van der Waals surface area (Å²) in [6.07, 6.45) is 0. The van der Waals surface area contributed by atoms with Crippen molar-refractivity contribution in [2.45, 2.75) is 0 Å². The van der Waals surface area contributed by atoms with Crippen LogP contribution in [-0.2, 0) is 10.8 Å². The van der Waals surface area contributed by atoms with Crippen molar-refractivity contribution in [3.8, 4) is 0 Å². The first-order valence-electron chi connectivity index (χ1n) is 1.05. The minimum Gasteiger partial charge on any atom is -0.168 e. The van der Waals surface area contributed by atoms with E-state index < -0.39 is 7.18 Å². The molecular formula is HBOPS+. The lowest BCUT2D eigenvalue weighted by Gasteiger charge is -1.11.